The smallest absolute Gasteiger partial charge is 0.180 e. The zero-order chi connectivity index (χ0) is 11.6. The third-order valence-electron chi connectivity index (χ3n) is 1.94. The van der Waals surface area contributed by atoms with Gasteiger partial charge in [0.15, 0.2) is 17.3 Å². The van der Waals surface area contributed by atoms with E-state index >= 15 is 0 Å². The lowest BCUT2D eigenvalue weighted by Crippen LogP contribution is -1.99. The van der Waals surface area contributed by atoms with Crippen molar-refractivity contribution in [3.05, 3.63) is 16.7 Å². The van der Waals surface area contributed by atoms with Crippen LogP contribution in [-0.2, 0) is 0 Å². The van der Waals surface area contributed by atoms with E-state index in [1.165, 1.54) is 27.2 Å². The maximum absolute atomic E-state index is 11.2. The van der Waals surface area contributed by atoms with E-state index in [9.17, 15) is 9.90 Å². The first-order valence-corrected chi connectivity index (χ1v) is 4.55. The zero-order valence-corrected chi connectivity index (χ0v) is 9.38. The summed E-state index contributed by atoms with van der Waals surface area (Å²) in [4.78, 5) is 11.2. The summed E-state index contributed by atoms with van der Waals surface area (Å²) in [5.74, 6) is -0.0317. The summed E-state index contributed by atoms with van der Waals surface area (Å²) in [5.41, 5.74) is 0.0364. The minimum atomic E-state index is -0.335. The Bertz CT molecular complexity index is 401. The maximum Gasteiger partial charge on any atom is 0.180 e. The van der Waals surface area contributed by atoms with Crippen molar-refractivity contribution in [3.8, 4) is 17.2 Å². The number of rotatable bonds is 3. The average Bonchev–Trinajstić information content (AvgIpc) is 2.16. The van der Waals surface area contributed by atoms with Gasteiger partial charge in [-0.2, -0.15) is 0 Å². The van der Waals surface area contributed by atoms with Crippen molar-refractivity contribution in [1.29, 1.82) is 0 Å². The Labute approximate surface area is 92.4 Å². The van der Waals surface area contributed by atoms with E-state index < -0.39 is 0 Å². The van der Waals surface area contributed by atoms with Crippen molar-refractivity contribution in [1.82, 2.24) is 0 Å². The fourth-order valence-electron chi connectivity index (χ4n) is 1.27. The van der Waals surface area contributed by atoms with Crippen LogP contribution in [0, 0.1) is 0 Å². The molecule has 1 aromatic rings. The second-order valence-corrected chi connectivity index (χ2v) is 3.25. The molecule has 0 bridgehead atoms. The first kappa shape index (κ1) is 11.7. The highest BCUT2D eigenvalue weighted by Crippen LogP contribution is 2.42. The van der Waals surface area contributed by atoms with Gasteiger partial charge in [0, 0.05) is 6.07 Å². The summed E-state index contributed by atoms with van der Waals surface area (Å²) in [6.07, 6.45) is 0. The highest BCUT2D eigenvalue weighted by Gasteiger charge is 2.20. The molecular weight excluding hydrogens is 220 g/mol. The van der Waals surface area contributed by atoms with Crippen LogP contribution in [0.25, 0.3) is 0 Å². The molecule has 82 valence electrons. The molecule has 1 rings (SSSR count). The topological polar surface area (TPSA) is 55.8 Å². The van der Waals surface area contributed by atoms with E-state index in [0.717, 1.165) is 0 Å². The highest BCUT2D eigenvalue weighted by atomic mass is 35.5. The number of aromatic hydroxyl groups is 1. The van der Waals surface area contributed by atoms with E-state index in [2.05, 4.69) is 0 Å². The number of methoxy groups -OCH3 is 2. The molecule has 0 radical (unpaired) electrons. The zero-order valence-electron chi connectivity index (χ0n) is 8.63. The van der Waals surface area contributed by atoms with Crippen LogP contribution in [0.2, 0.25) is 5.02 Å². The lowest BCUT2D eigenvalue weighted by Gasteiger charge is -2.12. The van der Waals surface area contributed by atoms with Crippen molar-refractivity contribution in [2.45, 2.75) is 6.92 Å². The fourth-order valence-corrected chi connectivity index (χ4v) is 1.67. The van der Waals surface area contributed by atoms with Gasteiger partial charge in [0.2, 0.25) is 0 Å². The summed E-state index contributed by atoms with van der Waals surface area (Å²) in [7, 11) is 2.83. The summed E-state index contributed by atoms with van der Waals surface area (Å²) in [5, 5.41) is 9.61. The van der Waals surface area contributed by atoms with Gasteiger partial charge in [0.25, 0.3) is 0 Å². The van der Waals surface area contributed by atoms with Crippen LogP contribution < -0.4 is 9.47 Å². The van der Waals surface area contributed by atoms with Gasteiger partial charge in [-0.25, -0.2) is 0 Å². The second kappa shape index (κ2) is 4.40. The molecule has 5 heteroatoms. The minimum Gasteiger partial charge on any atom is -0.507 e. The Balaban J connectivity index is 3.51. The maximum atomic E-state index is 11.2. The highest BCUT2D eigenvalue weighted by molar-refractivity contribution is 6.36. The quantitative estimate of drug-likeness (QED) is 0.810. The van der Waals surface area contributed by atoms with Gasteiger partial charge < -0.3 is 14.6 Å². The molecule has 0 fully saturated rings. The molecule has 0 heterocycles. The molecule has 0 amide bonds. The summed E-state index contributed by atoms with van der Waals surface area (Å²) < 4.78 is 9.94. The molecule has 1 aromatic carbocycles. The SMILES string of the molecule is COc1cc(O)c(C(C)=O)c(Cl)c1OC. The molecular formula is C10H11ClO4. The van der Waals surface area contributed by atoms with Crippen LogP contribution in [0.15, 0.2) is 6.07 Å². The van der Waals surface area contributed by atoms with Gasteiger partial charge in [-0.15, -0.1) is 0 Å². The molecule has 4 nitrogen and oxygen atoms in total. The summed E-state index contributed by atoms with van der Waals surface area (Å²) in [6, 6.07) is 1.29. The Morgan fingerprint density at radius 1 is 1.40 bits per heavy atom. The Morgan fingerprint density at radius 2 is 2.00 bits per heavy atom. The van der Waals surface area contributed by atoms with Gasteiger partial charge in [0.05, 0.1) is 19.8 Å². The molecule has 0 aliphatic heterocycles. The first-order valence-electron chi connectivity index (χ1n) is 4.17. The van der Waals surface area contributed by atoms with Gasteiger partial charge in [-0.1, -0.05) is 11.6 Å². The fraction of sp³-hybridized carbons (Fsp3) is 0.300. The monoisotopic (exact) mass is 230 g/mol. The van der Waals surface area contributed by atoms with Crippen LogP contribution >= 0.6 is 11.6 Å². The van der Waals surface area contributed by atoms with Gasteiger partial charge >= 0.3 is 0 Å². The van der Waals surface area contributed by atoms with Crippen molar-refractivity contribution >= 4 is 17.4 Å². The minimum absolute atomic E-state index is 0.0364. The van der Waals surface area contributed by atoms with Gasteiger partial charge in [-0.3, -0.25) is 4.79 Å². The lowest BCUT2D eigenvalue weighted by molar-refractivity contribution is 0.101. The van der Waals surface area contributed by atoms with Crippen LogP contribution in [0.1, 0.15) is 17.3 Å². The number of ketones is 1. The average molecular weight is 231 g/mol. The molecule has 15 heavy (non-hydrogen) atoms. The predicted octanol–water partition coefficient (Wildman–Crippen LogP) is 2.27. The lowest BCUT2D eigenvalue weighted by atomic mass is 10.1. The van der Waals surface area contributed by atoms with E-state index in [-0.39, 0.29) is 33.6 Å². The molecule has 0 aliphatic rings. The summed E-state index contributed by atoms with van der Waals surface area (Å²) in [6.45, 7) is 1.31. The number of phenols is 1. The van der Waals surface area contributed by atoms with E-state index in [0.29, 0.717) is 0 Å². The molecule has 0 aromatic heterocycles. The molecule has 0 spiro atoms. The van der Waals surface area contributed by atoms with Crippen LogP contribution in [-0.4, -0.2) is 25.1 Å². The number of carbonyl (C=O) groups excluding carboxylic acids is 1. The van der Waals surface area contributed by atoms with Crippen LogP contribution in [0.3, 0.4) is 0 Å². The van der Waals surface area contributed by atoms with Crippen molar-refractivity contribution in [2.24, 2.45) is 0 Å². The Kier molecular flexibility index (Phi) is 3.42. The van der Waals surface area contributed by atoms with Crippen LogP contribution in [0.5, 0.6) is 17.2 Å². The van der Waals surface area contributed by atoms with Gasteiger partial charge in [0.1, 0.15) is 10.8 Å². The number of ether oxygens (including phenoxy) is 2. The predicted molar refractivity (Wildman–Crippen MR) is 56.2 cm³/mol. The number of hydrogen-bond acceptors (Lipinski definition) is 4. The molecule has 0 saturated carbocycles. The molecule has 0 unspecified atom stereocenters. The van der Waals surface area contributed by atoms with Crippen molar-refractivity contribution in [3.63, 3.8) is 0 Å². The number of hydrogen-bond donors (Lipinski definition) is 1. The number of halogens is 1. The molecule has 0 aliphatic carbocycles. The van der Waals surface area contributed by atoms with Crippen molar-refractivity contribution in [2.75, 3.05) is 14.2 Å². The molecule has 1 N–H and O–H groups in total. The van der Waals surface area contributed by atoms with Crippen LogP contribution in [0.4, 0.5) is 0 Å². The van der Waals surface area contributed by atoms with E-state index in [1.54, 1.807) is 0 Å². The second-order valence-electron chi connectivity index (χ2n) is 2.88. The third kappa shape index (κ3) is 1.99. The largest absolute Gasteiger partial charge is 0.507 e. The first-order chi connectivity index (χ1) is 7.02. The molecule has 0 saturated heterocycles. The molecule has 0 atom stereocenters. The number of phenolic OH excluding ortho intramolecular Hbond substituents is 1. The third-order valence-corrected chi connectivity index (χ3v) is 2.30. The number of benzene rings is 1. The Hall–Kier alpha value is -1.42. The number of Topliss-reactive ketones (excluding diaryl/α,β-unsaturated/α-hetero) is 1. The number of carbonyl (C=O) groups is 1. The standard InChI is InChI=1S/C10H11ClO4/c1-5(12)8-6(13)4-7(14-2)10(15-3)9(8)11/h4,13H,1-3H3. The Morgan fingerprint density at radius 3 is 2.40 bits per heavy atom. The van der Waals surface area contributed by atoms with Gasteiger partial charge in [-0.05, 0) is 6.92 Å². The normalized spacial score (nSPS) is 9.87. The van der Waals surface area contributed by atoms with E-state index in [1.807, 2.05) is 0 Å². The van der Waals surface area contributed by atoms with Crippen molar-refractivity contribution < 1.29 is 19.4 Å². The summed E-state index contributed by atoms with van der Waals surface area (Å²) >= 11 is 5.91. The van der Waals surface area contributed by atoms with E-state index in [4.69, 9.17) is 21.1 Å².